The van der Waals surface area contributed by atoms with Gasteiger partial charge in [-0.05, 0) is 58.4 Å². The second-order valence-corrected chi connectivity index (χ2v) is 5.71. The summed E-state index contributed by atoms with van der Waals surface area (Å²) in [6.07, 6.45) is 0. The fraction of sp³-hybridized carbons (Fsp3) is 0.250. The largest absolute Gasteiger partial charge is 0.497 e. The molecule has 0 amide bonds. The van der Waals surface area contributed by atoms with E-state index >= 15 is 0 Å². The Kier molecular flexibility index (Phi) is 5.91. The van der Waals surface area contributed by atoms with Crippen LogP contribution in [-0.2, 0) is 6.54 Å². The SMILES string of the molecule is CCNCc1ccc(Oc2ccc(OC)cc2Br)c(Cl)c1. The van der Waals surface area contributed by atoms with Crippen molar-refractivity contribution in [3.63, 3.8) is 0 Å². The second-order valence-electron chi connectivity index (χ2n) is 4.44. The van der Waals surface area contributed by atoms with Crippen LogP contribution in [0.2, 0.25) is 5.02 Å². The van der Waals surface area contributed by atoms with Crippen LogP contribution in [0, 0.1) is 0 Å². The van der Waals surface area contributed by atoms with Crippen molar-refractivity contribution in [3.05, 3.63) is 51.5 Å². The van der Waals surface area contributed by atoms with Gasteiger partial charge < -0.3 is 14.8 Å². The number of methoxy groups -OCH3 is 1. The van der Waals surface area contributed by atoms with Crippen LogP contribution in [0.4, 0.5) is 0 Å². The van der Waals surface area contributed by atoms with Crippen molar-refractivity contribution in [2.75, 3.05) is 13.7 Å². The van der Waals surface area contributed by atoms with Gasteiger partial charge in [-0.25, -0.2) is 0 Å². The fourth-order valence-electron chi connectivity index (χ4n) is 1.82. The summed E-state index contributed by atoms with van der Waals surface area (Å²) in [4.78, 5) is 0. The molecule has 0 radical (unpaired) electrons. The molecule has 5 heteroatoms. The van der Waals surface area contributed by atoms with E-state index in [0.717, 1.165) is 28.9 Å². The Balaban J connectivity index is 2.16. The van der Waals surface area contributed by atoms with Gasteiger partial charge in [-0.2, -0.15) is 0 Å². The topological polar surface area (TPSA) is 30.5 Å². The Hall–Kier alpha value is -1.23. The lowest BCUT2D eigenvalue weighted by Gasteiger charge is -2.11. The Labute approximate surface area is 138 Å². The number of hydrogen-bond acceptors (Lipinski definition) is 3. The minimum Gasteiger partial charge on any atom is -0.497 e. The molecule has 0 aliphatic heterocycles. The van der Waals surface area contributed by atoms with E-state index in [1.54, 1.807) is 7.11 Å². The summed E-state index contributed by atoms with van der Waals surface area (Å²) in [7, 11) is 1.63. The van der Waals surface area contributed by atoms with Crippen LogP contribution in [0.5, 0.6) is 17.2 Å². The highest BCUT2D eigenvalue weighted by Crippen LogP contribution is 2.35. The molecular weight excluding hydrogens is 354 g/mol. The Morgan fingerprint density at radius 2 is 1.90 bits per heavy atom. The molecule has 0 saturated carbocycles. The summed E-state index contributed by atoms with van der Waals surface area (Å²) < 4.78 is 11.8. The van der Waals surface area contributed by atoms with Gasteiger partial charge in [0.15, 0.2) is 0 Å². The van der Waals surface area contributed by atoms with Crippen molar-refractivity contribution in [3.8, 4) is 17.2 Å². The standard InChI is InChI=1S/C16H17BrClNO2/c1-3-19-10-11-4-6-16(14(18)8-11)21-15-7-5-12(20-2)9-13(15)17/h4-9,19H,3,10H2,1-2H3. The number of nitrogens with one attached hydrogen (secondary N) is 1. The lowest BCUT2D eigenvalue weighted by Crippen LogP contribution is -2.11. The van der Waals surface area contributed by atoms with Crippen LogP contribution < -0.4 is 14.8 Å². The molecule has 21 heavy (non-hydrogen) atoms. The molecule has 0 atom stereocenters. The molecule has 0 unspecified atom stereocenters. The van der Waals surface area contributed by atoms with E-state index in [9.17, 15) is 0 Å². The Bertz CT molecular complexity index is 619. The number of benzene rings is 2. The third kappa shape index (κ3) is 4.37. The molecule has 0 aliphatic rings. The molecule has 2 rings (SSSR count). The Morgan fingerprint density at radius 1 is 1.14 bits per heavy atom. The quantitative estimate of drug-likeness (QED) is 0.775. The summed E-state index contributed by atoms with van der Waals surface area (Å²) in [5, 5.41) is 3.85. The maximum Gasteiger partial charge on any atom is 0.146 e. The van der Waals surface area contributed by atoms with Gasteiger partial charge >= 0.3 is 0 Å². The molecule has 3 nitrogen and oxygen atoms in total. The summed E-state index contributed by atoms with van der Waals surface area (Å²) in [6, 6.07) is 11.3. The average Bonchev–Trinajstić information content (AvgIpc) is 2.49. The highest BCUT2D eigenvalue weighted by molar-refractivity contribution is 9.10. The molecule has 0 bridgehead atoms. The van der Waals surface area contributed by atoms with Crippen molar-refractivity contribution in [2.24, 2.45) is 0 Å². The number of halogens is 2. The van der Waals surface area contributed by atoms with E-state index < -0.39 is 0 Å². The molecule has 0 aliphatic carbocycles. The first-order chi connectivity index (χ1) is 10.1. The van der Waals surface area contributed by atoms with Gasteiger partial charge in [0.2, 0.25) is 0 Å². The van der Waals surface area contributed by atoms with Crippen LogP contribution in [0.1, 0.15) is 12.5 Å². The van der Waals surface area contributed by atoms with Crippen molar-refractivity contribution in [1.29, 1.82) is 0 Å². The van der Waals surface area contributed by atoms with Crippen LogP contribution in [0.15, 0.2) is 40.9 Å². The maximum absolute atomic E-state index is 6.28. The zero-order chi connectivity index (χ0) is 15.2. The first-order valence-corrected chi connectivity index (χ1v) is 7.81. The van der Waals surface area contributed by atoms with Gasteiger partial charge in [-0.3, -0.25) is 0 Å². The summed E-state index contributed by atoms with van der Waals surface area (Å²) >= 11 is 9.74. The lowest BCUT2D eigenvalue weighted by atomic mass is 10.2. The van der Waals surface area contributed by atoms with E-state index in [-0.39, 0.29) is 0 Å². The second kappa shape index (κ2) is 7.69. The first kappa shape index (κ1) is 16.1. The number of hydrogen-bond donors (Lipinski definition) is 1. The van der Waals surface area contributed by atoms with E-state index in [2.05, 4.69) is 28.2 Å². The number of rotatable bonds is 6. The first-order valence-electron chi connectivity index (χ1n) is 6.64. The highest BCUT2D eigenvalue weighted by Gasteiger charge is 2.08. The van der Waals surface area contributed by atoms with Crippen LogP contribution in [-0.4, -0.2) is 13.7 Å². The molecule has 1 N–H and O–H groups in total. The minimum atomic E-state index is 0.591. The zero-order valence-corrected chi connectivity index (χ0v) is 14.3. The lowest BCUT2D eigenvalue weighted by molar-refractivity contribution is 0.412. The molecule has 0 aromatic heterocycles. The highest BCUT2D eigenvalue weighted by atomic mass is 79.9. The van der Waals surface area contributed by atoms with Crippen LogP contribution in [0.3, 0.4) is 0 Å². The third-order valence-electron chi connectivity index (χ3n) is 2.93. The van der Waals surface area contributed by atoms with Gasteiger partial charge in [-0.15, -0.1) is 0 Å². The predicted molar refractivity (Wildman–Crippen MR) is 89.6 cm³/mol. The summed E-state index contributed by atoms with van der Waals surface area (Å²) in [5.74, 6) is 2.08. The van der Waals surface area contributed by atoms with Gasteiger partial charge in [0.05, 0.1) is 16.6 Å². The van der Waals surface area contributed by atoms with Gasteiger partial charge in [0.1, 0.15) is 17.2 Å². The minimum absolute atomic E-state index is 0.591. The average molecular weight is 371 g/mol. The van der Waals surface area contributed by atoms with Crippen molar-refractivity contribution in [1.82, 2.24) is 5.32 Å². The van der Waals surface area contributed by atoms with Gasteiger partial charge in [0.25, 0.3) is 0 Å². The van der Waals surface area contributed by atoms with Gasteiger partial charge in [0, 0.05) is 6.54 Å². The molecule has 0 fully saturated rings. The van der Waals surface area contributed by atoms with Crippen molar-refractivity contribution >= 4 is 27.5 Å². The summed E-state index contributed by atoms with van der Waals surface area (Å²) in [5.41, 5.74) is 1.13. The summed E-state index contributed by atoms with van der Waals surface area (Å²) in [6.45, 7) is 3.79. The molecule has 112 valence electrons. The third-order valence-corrected chi connectivity index (χ3v) is 3.85. The van der Waals surface area contributed by atoms with E-state index in [1.807, 2.05) is 36.4 Å². The molecular formula is C16H17BrClNO2. The molecule has 0 heterocycles. The fourth-order valence-corrected chi connectivity index (χ4v) is 2.50. The van der Waals surface area contributed by atoms with Crippen LogP contribution in [0.25, 0.3) is 0 Å². The Morgan fingerprint density at radius 3 is 2.52 bits per heavy atom. The number of ether oxygens (including phenoxy) is 2. The predicted octanol–water partition coefficient (Wildman–Crippen LogP) is 5.01. The molecule has 0 saturated heterocycles. The van der Waals surface area contributed by atoms with E-state index in [0.29, 0.717) is 16.5 Å². The molecule has 2 aromatic carbocycles. The zero-order valence-electron chi connectivity index (χ0n) is 12.0. The molecule has 0 spiro atoms. The van der Waals surface area contributed by atoms with E-state index in [1.165, 1.54) is 0 Å². The monoisotopic (exact) mass is 369 g/mol. The molecule has 2 aromatic rings. The van der Waals surface area contributed by atoms with Gasteiger partial charge in [-0.1, -0.05) is 24.6 Å². The van der Waals surface area contributed by atoms with E-state index in [4.69, 9.17) is 21.1 Å². The maximum atomic E-state index is 6.28. The smallest absolute Gasteiger partial charge is 0.146 e. The van der Waals surface area contributed by atoms with Crippen molar-refractivity contribution in [2.45, 2.75) is 13.5 Å². The van der Waals surface area contributed by atoms with Crippen molar-refractivity contribution < 1.29 is 9.47 Å². The van der Waals surface area contributed by atoms with Crippen LogP contribution >= 0.6 is 27.5 Å². The normalized spacial score (nSPS) is 10.5.